The predicted molar refractivity (Wildman–Crippen MR) is 70.0 cm³/mol. The van der Waals surface area contributed by atoms with Crippen molar-refractivity contribution in [3.05, 3.63) is 0 Å². The van der Waals surface area contributed by atoms with Crippen LogP contribution >= 0.6 is 22.9 Å². The molecule has 112 valence electrons. The average molecular weight is 399 g/mol. The van der Waals surface area contributed by atoms with E-state index in [9.17, 15) is 22.0 Å². The molecule has 0 radical (unpaired) electrons. The van der Waals surface area contributed by atoms with Gasteiger partial charge in [0.25, 0.3) is 0 Å². The summed E-state index contributed by atoms with van der Waals surface area (Å²) >= 11 is 1.41. The lowest BCUT2D eigenvalue weighted by molar-refractivity contribution is -0.308. The third-order valence-electron chi connectivity index (χ3n) is 2.77. The molecule has 1 rings (SSSR count). The summed E-state index contributed by atoms with van der Waals surface area (Å²) in [4.78, 5) is 0. The summed E-state index contributed by atoms with van der Waals surface area (Å²) in [5, 5.41) is 4.44. The molecule has 1 atom stereocenters. The highest BCUT2D eigenvalue weighted by Gasteiger charge is 2.66. The van der Waals surface area contributed by atoms with Crippen LogP contribution in [0.15, 0.2) is 5.10 Å². The number of halogens is 6. The van der Waals surface area contributed by atoms with Gasteiger partial charge < -0.3 is 0 Å². The Hall–Kier alpha value is -0.350. The van der Waals surface area contributed by atoms with Crippen LogP contribution in [0.2, 0.25) is 0 Å². The lowest BCUT2D eigenvalue weighted by Crippen LogP contribution is -2.56. The second-order valence-electron chi connectivity index (χ2n) is 4.29. The molecule has 0 N–H and O–H groups in total. The molecule has 1 unspecified atom stereocenters. The van der Waals surface area contributed by atoms with Gasteiger partial charge in [0.1, 0.15) is 6.34 Å². The Kier molecular flexibility index (Phi) is 5.63. The Morgan fingerprint density at radius 2 is 1.79 bits per heavy atom. The molecule has 0 saturated carbocycles. The first-order valence-electron chi connectivity index (χ1n) is 5.91. The minimum absolute atomic E-state index is 0.0896. The Labute approximate surface area is 122 Å². The normalized spacial score (nSPS) is 20.5. The van der Waals surface area contributed by atoms with E-state index in [1.165, 1.54) is 22.9 Å². The number of hydrazone groups is 1. The predicted octanol–water partition coefficient (Wildman–Crippen LogP) is 4.00. The second kappa shape index (κ2) is 6.40. The summed E-state index contributed by atoms with van der Waals surface area (Å²) in [5.41, 5.74) is 0. The zero-order valence-electron chi connectivity index (χ0n) is 10.3. The highest BCUT2D eigenvalue weighted by molar-refractivity contribution is 14.1. The van der Waals surface area contributed by atoms with Gasteiger partial charge in [-0.15, -0.1) is 0 Å². The Bertz CT molecular complexity index is 321. The molecule has 19 heavy (non-hydrogen) atoms. The Morgan fingerprint density at radius 3 is 2.32 bits per heavy atom. The van der Waals surface area contributed by atoms with E-state index in [1.54, 1.807) is 0 Å². The molecule has 0 saturated heterocycles. The van der Waals surface area contributed by atoms with Crippen LogP contribution in [0.25, 0.3) is 0 Å². The van der Waals surface area contributed by atoms with Crippen molar-refractivity contribution in [2.45, 2.75) is 50.9 Å². The van der Waals surface area contributed by atoms with E-state index in [-0.39, 0.29) is 6.54 Å². The van der Waals surface area contributed by atoms with E-state index < -0.39 is 18.3 Å². The summed E-state index contributed by atoms with van der Waals surface area (Å²) in [6.07, 6.45) is -3.49. The molecule has 0 aromatic carbocycles. The van der Waals surface area contributed by atoms with Crippen molar-refractivity contribution in [3.63, 3.8) is 0 Å². The molecule has 0 bridgehead atoms. The van der Waals surface area contributed by atoms with Crippen molar-refractivity contribution < 1.29 is 22.0 Å². The molecular formula is C10H15F5IN3. The standard InChI is InChI=1S/C10H15F5IN3/c1-2-3-4-5-6-19-8(18(16)7-17-19)9(11,12)10(13,14)15/h7-8H,2-6H2,1H3. The van der Waals surface area contributed by atoms with Gasteiger partial charge in [0.05, 0.1) is 22.9 Å². The zero-order chi connectivity index (χ0) is 14.7. The fourth-order valence-electron chi connectivity index (χ4n) is 1.74. The van der Waals surface area contributed by atoms with Crippen LogP contribution in [0.3, 0.4) is 0 Å². The lowest BCUT2D eigenvalue weighted by Gasteiger charge is -2.34. The van der Waals surface area contributed by atoms with Crippen molar-refractivity contribution in [3.8, 4) is 0 Å². The molecule has 1 aliphatic rings. The van der Waals surface area contributed by atoms with Crippen molar-refractivity contribution in [2.75, 3.05) is 6.54 Å². The first-order valence-corrected chi connectivity index (χ1v) is 6.87. The summed E-state index contributed by atoms with van der Waals surface area (Å²) < 4.78 is 64.8. The highest BCUT2D eigenvalue weighted by Crippen LogP contribution is 2.43. The third kappa shape index (κ3) is 3.82. The lowest BCUT2D eigenvalue weighted by atomic mass is 10.2. The van der Waals surface area contributed by atoms with Gasteiger partial charge in [0, 0.05) is 6.54 Å². The van der Waals surface area contributed by atoms with Gasteiger partial charge in [-0.2, -0.15) is 27.1 Å². The average Bonchev–Trinajstić information content (AvgIpc) is 2.65. The van der Waals surface area contributed by atoms with Crippen LogP contribution in [0, 0.1) is 0 Å². The summed E-state index contributed by atoms with van der Waals surface area (Å²) in [5.74, 6) is -4.82. The van der Waals surface area contributed by atoms with Crippen LogP contribution in [0.4, 0.5) is 22.0 Å². The molecule has 0 aliphatic carbocycles. The fourth-order valence-corrected chi connectivity index (χ4v) is 2.49. The molecule has 0 fully saturated rings. The second-order valence-corrected chi connectivity index (χ2v) is 5.41. The molecule has 1 aliphatic heterocycles. The molecule has 0 spiro atoms. The van der Waals surface area contributed by atoms with E-state index in [4.69, 9.17) is 0 Å². The summed E-state index contributed by atoms with van der Waals surface area (Å²) in [6.45, 7) is 2.08. The van der Waals surface area contributed by atoms with Gasteiger partial charge in [-0.3, -0.25) is 8.12 Å². The first kappa shape index (κ1) is 16.7. The maximum atomic E-state index is 13.4. The van der Waals surface area contributed by atoms with Gasteiger partial charge in [0.2, 0.25) is 6.17 Å². The van der Waals surface area contributed by atoms with Gasteiger partial charge >= 0.3 is 12.1 Å². The quantitative estimate of drug-likeness (QED) is 0.291. The fraction of sp³-hybridized carbons (Fsp3) is 0.900. The van der Waals surface area contributed by atoms with E-state index in [0.29, 0.717) is 6.42 Å². The maximum absolute atomic E-state index is 13.4. The van der Waals surface area contributed by atoms with Gasteiger partial charge in [0.15, 0.2) is 0 Å². The number of unbranched alkanes of at least 4 members (excludes halogenated alkanes) is 3. The van der Waals surface area contributed by atoms with Crippen LogP contribution in [0.5, 0.6) is 0 Å². The van der Waals surface area contributed by atoms with E-state index in [1.807, 2.05) is 6.92 Å². The topological polar surface area (TPSA) is 18.8 Å². The third-order valence-corrected chi connectivity index (χ3v) is 3.55. The molecule has 0 aromatic heterocycles. The molecule has 0 aromatic rings. The monoisotopic (exact) mass is 399 g/mol. The van der Waals surface area contributed by atoms with Crippen molar-refractivity contribution in [1.82, 2.24) is 8.12 Å². The molecular weight excluding hydrogens is 384 g/mol. The molecule has 9 heteroatoms. The maximum Gasteiger partial charge on any atom is 0.457 e. The first-order chi connectivity index (χ1) is 8.71. The number of rotatable bonds is 6. The van der Waals surface area contributed by atoms with Crippen LogP contribution in [0.1, 0.15) is 32.6 Å². The van der Waals surface area contributed by atoms with Crippen LogP contribution in [-0.4, -0.2) is 39.3 Å². The van der Waals surface area contributed by atoms with Crippen molar-refractivity contribution >= 4 is 29.2 Å². The molecule has 1 heterocycles. The van der Waals surface area contributed by atoms with E-state index in [2.05, 4.69) is 5.10 Å². The zero-order valence-corrected chi connectivity index (χ0v) is 12.5. The number of hydrogen-bond acceptors (Lipinski definition) is 3. The Morgan fingerprint density at radius 1 is 1.16 bits per heavy atom. The van der Waals surface area contributed by atoms with Gasteiger partial charge in [-0.1, -0.05) is 26.2 Å². The van der Waals surface area contributed by atoms with Crippen LogP contribution in [-0.2, 0) is 0 Å². The number of nitrogens with zero attached hydrogens (tertiary/aromatic N) is 3. The molecule has 0 amide bonds. The molecule has 3 nitrogen and oxygen atoms in total. The van der Waals surface area contributed by atoms with Gasteiger partial charge in [-0.05, 0) is 6.42 Å². The van der Waals surface area contributed by atoms with Crippen LogP contribution < -0.4 is 0 Å². The summed E-state index contributed by atoms with van der Waals surface area (Å²) in [7, 11) is 0. The number of hydrogen-bond donors (Lipinski definition) is 0. The Balaban J connectivity index is 2.69. The largest absolute Gasteiger partial charge is 0.457 e. The minimum atomic E-state index is -5.59. The van der Waals surface area contributed by atoms with Crippen molar-refractivity contribution in [2.24, 2.45) is 5.10 Å². The van der Waals surface area contributed by atoms with Gasteiger partial charge in [-0.25, -0.2) is 0 Å². The van der Waals surface area contributed by atoms with Crippen molar-refractivity contribution in [1.29, 1.82) is 0 Å². The van der Waals surface area contributed by atoms with E-state index >= 15 is 0 Å². The smallest absolute Gasteiger partial charge is 0.274 e. The highest BCUT2D eigenvalue weighted by atomic mass is 127. The summed E-state index contributed by atoms with van der Waals surface area (Å²) in [6, 6.07) is 0. The SMILES string of the molecule is CCCCCCN1N=CN(I)C1C(F)(F)C(F)(F)F. The number of alkyl halides is 5. The van der Waals surface area contributed by atoms with E-state index in [0.717, 1.165) is 33.7 Å². The minimum Gasteiger partial charge on any atom is -0.274 e.